The molecule has 184 valence electrons. The Morgan fingerprint density at radius 1 is 1.18 bits per heavy atom. The lowest BCUT2D eigenvalue weighted by Gasteiger charge is -2.44. The molecule has 0 bridgehead atoms. The summed E-state index contributed by atoms with van der Waals surface area (Å²) in [5.41, 5.74) is 1.27. The highest BCUT2D eigenvalue weighted by molar-refractivity contribution is 5.77. The van der Waals surface area contributed by atoms with E-state index in [1.54, 1.807) is 0 Å². The van der Waals surface area contributed by atoms with Crippen LogP contribution in [-0.2, 0) is 20.8 Å². The fourth-order valence-corrected chi connectivity index (χ4v) is 4.84. The molecule has 5 atom stereocenters. The standard InChI is InChI=1S/C26H32F2N2O4/c1-17(18-5-3-2-4-6-18)29-26(32)12-22-8-10-24-25(34-22)16-33-15-21(31)14-30(24)13-19-11-20(27)7-9-23(19)28/h2-7,9,11,17,21-22,24-25,31H,8,10,12-16H2,1H3,(H,29,32)/t17-,21-,22-,24-,25+/m0/s1. The van der Waals surface area contributed by atoms with Gasteiger partial charge < -0.3 is 19.9 Å². The summed E-state index contributed by atoms with van der Waals surface area (Å²) in [4.78, 5) is 14.6. The number of nitrogens with one attached hydrogen (secondary N) is 1. The van der Waals surface area contributed by atoms with Gasteiger partial charge in [-0.15, -0.1) is 0 Å². The Balaban J connectivity index is 1.39. The van der Waals surface area contributed by atoms with Crippen molar-refractivity contribution in [2.24, 2.45) is 0 Å². The summed E-state index contributed by atoms with van der Waals surface area (Å²) >= 11 is 0. The molecule has 6 nitrogen and oxygen atoms in total. The van der Waals surface area contributed by atoms with Gasteiger partial charge in [0, 0.05) is 24.7 Å². The molecule has 0 radical (unpaired) electrons. The van der Waals surface area contributed by atoms with Gasteiger partial charge in [-0.05, 0) is 43.5 Å². The van der Waals surface area contributed by atoms with Crippen LogP contribution in [0.5, 0.6) is 0 Å². The molecule has 1 amide bonds. The molecule has 2 aliphatic heterocycles. The van der Waals surface area contributed by atoms with Crippen LogP contribution in [-0.4, -0.2) is 60.0 Å². The van der Waals surface area contributed by atoms with Crippen LogP contribution in [0.1, 0.15) is 43.4 Å². The van der Waals surface area contributed by atoms with Crippen LogP contribution in [0, 0.1) is 11.6 Å². The fourth-order valence-electron chi connectivity index (χ4n) is 4.84. The van der Waals surface area contributed by atoms with Gasteiger partial charge in [0.1, 0.15) is 11.6 Å². The summed E-state index contributed by atoms with van der Waals surface area (Å²) in [7, 11) is 0. The third-order valence-electron chi connectivity index (χ3n) is 6.56. The topological polar surface area (TPSA) is 71.0 Å². The Bertz CT molecular complexity index is 961. The lowest BCUT2D eigenvalue weighted by atomic mass is 9.94. The van der Waals surface area contributed by atoms with Crippen molar-refractivity contribution in [1.82, 2.24) is 10.2 Å². The number of β-amino-alcohol motifs (C(OH)–C–C–N with tert-alkyl or cyclic N) is 1. The van der Waals surface area contributed by atoms with Crippen LogP contribution in [0.3, 0.4) is 0 Å². The Labute approximate surface area is 198 Å². The Morgan fingerprint density at radius 3 is 2.76 bits per heavy atom. The number of carbonyl (C=O) groups excluding carboxylic acids is 1. The highest BCUT2D eigenvalue weighted by atomic mass is 19.1. The molecule has 4 rings (SSSR count). The Morgan fingerprint density at radius 2 is 1.97 bits per heavy atom. The van der Waals surface area contributed by atoms with Gasteiger partial charge in [-0.2, -0.15) is 0 Å². The second-order valence-electron chi connectivity index (χ2n) is 9.20. The average Bonchev–Trinajstić information content (AvgIpc) is 2.80. The van der Waals surface area contributed by atoms with Crippen LogP contribution in [0.4, 0.5) is 8.78 Å². The van der Waals surface area contributed by atoms with E-state index in [9.17, 15) is 18.7 Å². The third-order valence-corrected chi connectivity index (χ3v) is 6.56. The van der Waals surface area contributed by atoms with Gasteiger partial charge in [0.05, 0.1) is 44.0 Å². The lowest BCUT2D eigenvalue weighted by molar-refractivity contribution is -0.158. The van der Waals surface area contributed by atoms with Crippen molar-refractivity contribution < 1.29 is 28.2 Å². The van der Waals surface area contributed by atoms with E-state index in [1.807, 2.05) is 42.2 Å². The van der Waals surface area contributed by atoms with E-state index in [0.29, 0.717) is 12.8 Å². The number of amides is 1. The van der Waals surface area contributed by atoms with Gasteiger partial charge in [0.25, 0.3) is 0 Å². The first-order valence-electron chi connectivity index (χ1n) is 11.8. The van der Waals surface area contributed by atoms with E-state index < -0.39 is 17.7 Å². The van der Waals surface area contributed by atoms with E-state index >= 15 is 0 Å². The normalized spacial score (nSPS) is 26.7. The molecule has 0 aliphatic carbocycles. The van der Waals surface area contributed by atoms with E-state index in [0.717, 1.165) is 17.7 Å². The van der Waals surface area contributed by atoms with Gasteiger partial charge in [-0.25, -0.2) is 8.78 Å². The molecular weight excluding hydrogens is 442 g/mol. The molecule has 0 saturated carbocycles. The van der Waals surface area contributed by atoms with Gasteiger partial charge in [0.15, 0.2) is 0 Å². The zero-order valence-electron chi connectivity index (χ0n) is 19.3. The maximum atomic E-state index is 14.3. The summed E-state index contributed by atoms with van der Waals surface area (Å²) in [6.45, 7) is 2.77. The zero-order chi connectivity index (χ0) is 24.1. The van der Waals surface area contributed by atoms with Crippen molar-refractivity contribution in [2.45, 2.75) is 63.1 Å². The van der Waals surface area contributed by atoms with Gasteiger partial charge in [-0.3, -0.25) is 9.69 Å². The number of aliphatic hydroxyl groups excluding tert-OH is 1. The highest BCUT2D eigenvalue weighted by Gasteiger charge is 2.38. The predicted octanol–water partition coefficient (Wildman–Crippen LogP) is 3.34. The first kappa shape index (κ1) is 24.7. The first-order valence-corrected chi connectivity index (χ1v) is 11.8. The second kappa shape index (κ2) is 11.4. The SMILES string of the molecule is C[C@H](NC(=O)C[C@@H]1CC[C@H]2[C@@H](COC[C@@H](O)CN2Cc2cc(F)ccc2F)O1)c1ccccc1. The number of ether oxygens (including phenoxy) is 2. The van der Waals surface area contributed by atoms with Crippen LogP contribution in [0.25, 0.3) is 0 Å². The molecule has 2 heterocycles. The van der Waals surface area contributed by atoms with Crippen molar-refractivity contribution in [3.8, 4) is 0 Å². The molecular formula is C26H32F2N2O4. The van der Waals surface area contributed by atoms with Crippen molar-refractivity contribution in [3.05, 3.63) is 71.3 Å². The molecule has 2 fully saturated rings. The maximum absolute atomic E-state index is 14.3. The van der Waals surface area contributed by atoms with E-state index in [2.05, 4.69) is 5.32 Å². The van der Waals surface area contributed by atoms with E-state index in [4.69, 9.17) is 9.47 Å². The lowest BCUT2D eigenvalue weighted by Crippen LogP contribution is -2.55. The molecule has 0 spiro atoms. The number of fused-ring (bicyclic) bond motifs is 1. The maximum Gasteiger partial charge on any atom is 0.223 e. The summed E-state index contributed by atoms with van der Waals surface area (Å²) in [6, 6.07) is 12.9. The van der Waals surface area contributed by atoms with Crippen LogP contribution >= 0.6 is 0 Å². The third kappa shape index (κ3) is 6.39. The Hall–Kier alpha value is -2.39. The van der Waals surface area contributed by atoms with Crippen LogP contribution in [0.15, 0.2) is 48.5 Å². The largest absolute Gasteiger partial charge is 0.389 e. The van der Waals surface area contributed by atoms with Crippen molar-refractivity contribution in [1.29, 1.82) is 0 Å². The number of aliphatic hydroxyl groups is 1. The molecule has 2 aromatic rings. The Kier molecular flexibility index (Phi) is 8.26. The number of carbonyl (C=O) groups is 1. The molecule has 2 aliphatic rings. The molecule has 2 N–H and O–H groups in total. The minimum Gasteiger partial charge on any atom is -0.389 e. The van der Waals surface area contributed by atoms with E-state index in [-0.39, 0.29) is 68.5 Å². The molecule has 2 saturated heterocycles. The van der Waals surface area contributed by atoms with Crippen molar-refractivity contribution in [3.63, 3.8) is 0 Å². The smallest absolute Gasteiger partial charge is 0.223 e. The van der Waals surface area contributed by atoms with Gasteiger partial charge >= 0.3 is 0 Å². The molecule has 2 aromatic carbocycles. The van der Waals surface area contributed by atoms with Crippen LogP contribution < -0.4 is 5.32 Å². The summed E-state index contributed by atoms with van der Waals surface area (Å²) in [6.07, 6.45) is 0.255. The summed E-state index contributed by atoms with van der Waals surface area (Å²) in [5.74, 6) is -1.06. The molecule has 34 heavy (non-hydrogen) atoms. The quantitative estimate of drug-likeness (QED) is 0.672. The second-order valence-corrected chi connectivity index (χ2v) is 9.20. The van der Waals surface area contributed by atoms with Crippen molar-refractivity contribution >= 4 is 5.91 Å². The monoisotopic (exact) mass is 474 g/mol. The first-order chi connectivity index (χ1) is 16.4. The molecule has 0 aromatic heterocycles. The number of halogens is 2. The number of benzene rings is 2. The minimum absolute atomic E-state index is 0.0827. The van der Waals surface area contributed by atoms with Gasteiger partial charge in [-0.1, -0.05) is 30.3 Å². The number of hydrogen-bond acceptors (Lipinski definition) is 5. The number of rotatable bonds is 6. The average molecular weight is 475 g/mol. The number of nitrogens with zero attached hydrogens (tertiary/aromatic N) is 1. The fraction of sp³-hybridized carbons (Fsp3) is 0.500. The molecule has 0 unspecified atom stereocenters. The minimum atomic E-state index is -0.736. The van der Waals surface area contributed by atoms with Crippen LogP contribution in [0.2, 0.25) is 0 Å². The zero-order valence-corrected chi connectivity index (χ0v) is 19.3. The summed E-state index contributed by atoms with van der Waals surface area (Å²) in [5, 5.41) is 13.3. The summed E-state index contributed by atoms with van der Waals surface area (Å²) < 4.78 is 39.9. The highest BCUT2D eigenvalue weighted by Crippen LogP contribution is 2.29. The predicted molar refractivity (Wildman–Crippen MR) is 123 cm³/mol. The molecule has 8 heteroatoms. The number of hydrogen-bond donors (Lipinski definition) is 2. The van der Waals surface area contributed by atoms with Crippen molar-refractivity contribution in [2.75, 3.05) is 19.8 Å². The van der Waals surface area contributed by atoms with Gasteiger partial charge in [0.2, 0.25) is 5.91 Å². The van der Waals surface area contributed by atoms with E-state index in [1.165, 1.54) is 6.07 Å².